The van der Waals surface area contributed by atoms with Gasteiger partial charge in [0, 0.05) is 0 Å². The highest BCUT2D eigenvalue weighted by Gasteiger charge is 2.03. The van der Waals surface area contributed by atoms with Crippen molar-refractivity contribution in [1.82, 2.24) is 0 Å². The summed E-state index contributed by atoms with van der Waals surface area (Å²) in [6, 6.07) is 5.82. The minimum Gasteiger partial charge on any atom is -0.290 e. The number of unbranched alkanes of at least 4 members (excludes halogenated alkanes) is 2. The van der Waals surface area contributed by atoms with Gasteiger partial charge in [0.2, 0.25) is 0 Å². The van der Waals surface area contributed by atoms with E-state index in [2.05, 4.69) is 19.9 Å². The largest absolute Gasteiger partial charge is 0.290 e. The highest BCUT2D eigenvalue weighted by molar-refractivity contribution is 5.36. The molecule has 0 N–H and O–H groups in total. The van der Waals surface area contributed by atoms with Crippen molar-refractivity contribution in [3.05, 3.63) is 29.3 Å². The van der Waals surface area contributed by atoms with Gasteiger partial charge in [0.1, 0.15) is 0 Å². The first-order valence-corrected chi connectivity index (χ1v) is 6.06. The topological polar surface area (TPSA) is 19.9 Å². The van der Waals surface area contributed by atoms with Gasteiger partial charge in [-0.25, -0.2) is 0 Å². The molecule has 1 aromatic rings. The van der Waals surface area contributed by atoms with E-state index in [1.54, 1.807) is 6.07 Å². The van der Waals surface area contributed by atoms with Crippen LogP contribution >= 0.6 is 0 Å². The molecule has 0 aromatic heterocycles. The summed E-state index contributed by atoms with van der Waals surface area (Å²) in [4.78, 5) is 0. The van der Waals surface area contributed by atoms with E-state index in [4.69, 9.17) is 0 Å². The van der Waals surface area contributed by atoms with Gasteiger partial charge in [-0.3, -0.25) is 5.11 Å². The van der Waals surface area contributed by atoms with Crippen LogP contribution in [0.15, 0.2) is 18.2 Å². The fourth-order valence-corrected chi connectivity index (χ4v) is 1.73. The molecule has 1 aromatic carbocycles. The van der Waals surface area contributed by atoms with E-state index in [-0.39, 0.29) is 5.75 Å². The molecule has 0 heterocycles. The van der Waals surface area contributed by atoms with Crippen molar-refractivity contribution in [1.29, 1.82) is 0 Å². The van der Waals surface area contributed by atoms with E-state index >= 15 is 0 Å². The lowest BCUT2D eigenvalue weighted by atomic mass is 10.0. The minimum absolute atomic E-state index is 0.212. The van der Waals surface area contributed by atoms with Gasteiger partial charge in [-0.15, -0.1) is 0 Å². The molecule has 1 rings (SSSR count). The van der Waals surface area contributed by atoms with E-state index < -0.39 is 0 Å². The highest BCUT2D eigenvalue weighted by Crippen LogP contribution is 2.22. The van der Waals surface area contributed by atoms with E-state index in [0.29, 0.717) is 0 Å². The van der Waals surface area contributed by atoms with Gasteiger partial charge in [-0.2, -0.15) is 0 Å². The molecule has 0 unspecified atom stereocenters. The van der Waals surface area contributed by atoms with Crippen LogP contribution in [0, 0.1) is 0 Å². The van der Waals surface area contributed by atoms with Crippen molar-refractivity contribution in [2.45, 2.75) is 52.4 Å². The molecule has 0 fully saturated rings. The fraction of sp³-hybridized carbons (Fsp3) is 0.571. The molecule has 15 heavy (non-hydrogen) atoms. The molecule has 0 aliphatic rings. The zero-order valence-corrected chi connectivity index (χ0v) is 9.88. The van der Waals surface area contributed by atoms with E-state index in [9.17, 15) is 5.11 Å². The van der Waals surface area contributed by atoms with E-state index in [0.717, 1.165) is 31.2 Å². The van der Waals surface area contributed by atoms with Crippen molar-refractivity contribution in [3.63, 3.8) is 0 Å². The summed E-state index contributed by atoms with van der Waals surface area (Å²) in [5, 5.41) is 11.6. The average molecular weight is 205 g/mol. The Bertz CT molecular complexity index is 291. The molecule has 0 saturated heterocycles. The lowest BCUT2D eigenvalue weighted by Crippen LogP contribution is -1.90. The summed E-state index contributed by atoms with van der Waals surface area (Å²) in [6.07, 6.45) is 6.74. The van der Waals surface area contributed by atoms with Crippen molar-refractivity contribution in [2.75, 3.05) is 0 Å². The van der Waals surface area contributed by atoms with Crippen LogP contribution in [-0.2, 0) is 17.9 Å². The molecule has 0 amide bonds. The Morgan fingerprint density at radius 1 is 1.00 bits per heavy atom. The fourth-order valence-electron chi connectivity index (χ4n) is 1.73. The van der Waals surface area contributed by atoms with Crippen LogP contribution in [0.2, 0.25) is 0 Å². The summed E-state index contributed by atoms with van der Waals surface area (Å²) in [5.74, 6) is 0.212. The molecule has 0 saturated carbocycles. The van der Waals surface area contributed by atoms with E-state index in [1.807, 2.05) is 6.07 Å². The summed E-state index contributed by atoms with van der Waals surface area (Å²) in [7, 11) is 0. The summed E-state index contributed by atoms with van der Waals surface area (Å²) < 4.78 is 0. The predicted molar refractivity (Wildman–Crippen MR) is 63.8 cm³/mol. The Balaban J connectivity index is 2.66. The van der Waals surface area contributed by atoms with E-state index in [1.165, 1.54) is 18.4 Å². The number of aryl methyl sites for hydroxylation is 2. The lowest BCUT2D eigenvalue weighted by Gasteiger charge is -2.05. The number of hydrogen-bond acceptors (Lipinski definition) is 0. The molecule has 0 atom stereocenters. The van der Waals surface area contributed by atoms with Crippen molar-refractivity contribution < 1.29 is 5.11 Å². The zero-order valence-electron chi connectivity index (χ0n) is 9.88. The number of rotatable bonds is 6. The average Bonchev–Trinajstić information content (AvgIpc) is 2.26. The van der Waals surface area contributed by atoms with Gasteiger partial charge in [-0.1, -0.05) is 38.8 Å². The standard InChI is InChI=1S/C14H21O/c1-3-5-7-12-9-10-14(15)13(11-12)8-6-4-2/h9-11H,3-8H2,1-2H3. The molecule has 0 aliphatic carbocycles. The maximum absolute atomic E-state index is 11.6. The molecular formula is C14H21O. The van der Waals surface area contributed by atoms with Gasteiger partial charge >= 0.3 is 0 Å². The van der Waals surface area contributed by atoms with Gasteiger partial charge < -0.3 is 0 Å². The zero-order chi connectivity index (χ0) is 11.1. The van der Waals surface area contributed by atoms with Crippen LogP contribution in [0.3, 0.4) is 0 Å². The first kappa shape index (κ1) is 12.1. The Morgan fingerprint density at radius 3 is 2.33 bits per heavy atom. The molecular weight excluding hydrogens is 184 g/mol. The quantitative estimate of drug-likeness (QED) is 0.651. The predicted octanol–water partition coefficient (Wildman–Crippen LogP) is 4.52. The lowest BCUT2D eigenvalue weighted by molar-refractivity contribution is 0.349. The Hall–Kier alpha value is -0.980. The first-order chi connectivity index (χ1) is 7.27. The Kier molecular flexibility index (Phi) is 5.23. The minimum atomic E-state index is 0.212. The molecule has 83 valence electrons. The second kappa shape index (κ2) is 6.49. The van der Waals surface area contributed by atoms with Crippen molar-refractivity contribution in [3.8, 4) is 5.75 Å². The first-order valence-electron chi connectivity index (χ1n) is 6.06. The molecule has 1 radical (unpaired) electrons. The molecule has 0 bridgehead atoms. The molecule has 0 aliphatic heterocycles. The third kappa shape index (κ3) is 3.94. The normalized spacial score (nSPS) is 10.5. The molecule has 1 heteroatoms. The van der Waals surface area contributed by atoms with Crippen LogP contribution in [0.5, 0.6) is 5.75 Å². The van der Waals surface area contributed by atoms with Gasteiger partial charge in [-0.05, 0) is 42.9 Å². The van der Waals surface area contributed by atoms with Crippen LogP contribution in [0.25, 0.3) is 0 Å². The second-order valence-corrected chi connectivity index (χ2v) is 4.15. The Labute approximate surface area is 93.1 Å². The molecule has 0 spiro atoms. The van der Waals surface area contributed by atoms with Crippen LogP contribution < -0.4 is 0 Å². The van der Waals surface area contributed by atoms with Gasteiger partial charge in [0.25, 0.3) is 0 Å². The van der Waals surface area contributed by atoms with Crippen LogP contribution in [0.1, 0.15) is 50.7 Å². The van der Waals surface area contributed by atoms with Gasteiger partial charge in [0.05, 0.1) is 0 Å². The van der Waals surface area contributed by atoms with Crippen molar-refractivity contribution in [2.24, 2.45) is 0 Å². The monoisotopic (exact) mass is 205 g/mol. The maximum atomic E-state index is 11.6. The smallest absolute Gasteiger partial charge is 0.181 e. The summed E-state index contributed by atoms with van der Waals surface area (Å²) in [6.45, 7) is 4.35. The summed E-state index contributed by atoms with van der Waals surface area (Å²) in [5.41, 5.74) is 2.33. The Morgan fingerprint density at radius 2 is 1.67 bits per heavy atom. The number of hydrogen-bond donors (Lipinski definition) is 0. The summed E-state index contributed by atoms with van der Waals surface area (Å²) >= 11 is 0. The second-order valence-electron chi connectivity index (χ2n) is 4.15. The number of benzene rings is 1. The SMILES string of the molecule is CCCCc1ccc([O])c(CCCC)c1. The maximum Gasteiger partial charge on any atom is 0.181 e. The molecule has 1 nitrogen and oxygen atoms in total. The third-order valence-electron chi connectivity index (χ3n) is 2.74. The van der Waals surface area contributed by atoms with Crippen LogP contribution in [0.4, 0.5) is 0 Å². The third-order valence-corrected chi connectivity index (χ3v) is 2.74. The van der Waals surface area contributed by atoms with Gasteiger partial charge in [0.15, 0.2) is 5.75 Å². The highest BCUT2D eigenvalue weighted by atomic mass is 16.3. The van der Waals surface area contributed by atoms with Crippen molar-refractivity contribution >= 4 is 0 Å². The van der Waals surface area contributed by atoms with Crippen LogP contribution in [-0.4, -0.2) is 0 Å².